The molecule has 1 saturated heterocycles. The SMILES string of the molecule is COc1nc(-c2cccc(-c3cccc(Nc4nc(C(F)F)cc5cnn(C)c(=O)c45)c3C)c2Cl)ccc1CN1CCC(C(=O)O)CC1. The molecule has 0 aliphatic carbocycles. The molecule has 10 nitrogen and oxygen atoms in total. The minimum Gasteiger partial charge on any atom is -0.481 e. The molecule has 1 aliphatic rings. The molecule has 1 aliphatic heterocycles. The van der Waals surface area contributed by atoms with Gasteiger partial charge in [0.15, 0.2) is 0 Å². The van der Waals surface area contributed by atoms with Crippen molar-refractivity contribution in [3.63, 3.8) is 0 Å². The first kappa shape index (κ1) is 33.0. The third-order valence-corrected chi connectivity index (χ3v) is 9.19. The minimum atomic E-state index is -2.84. The van der Waals surface area contributed by atoms with Gasteiger partial charge in [-0.15, -0.1) is 0 Å². The van der Waals surface area contributed by atoms with Crippen LogP contribution in [0.4, 0.5) is 20.3 Å². The zero-order valence-corrected chi connectivity index (χ0v) is 27.3. The highest BCUT2D eigenvalue weighted by Crippen LogP contribution is 2.40. The zero-order chi connectivity index (χ0) is 34.1. The summed E-state index contributed by atoms with van der Waals surface area (Å²) in [5, 5.41) is 17.3. The number of piperidine rings is 1. The Labute approximate surface area is 280 Å². The number of likely N-dealkylation sites (tertiary alicyclic amines) is 1. The van der Waals surface area contributed by atoms with Gasteiger partial charge in [-0.25, -0.2) is 23.4 Å². The molecule has 0 bridgehead atoms. The fourth-order valence-electron chi connectivity index (χ4n) is 6.10. The maximum absolute atomic E-state index is 13.8. The molecule has 0 amide bonds. The lowest BCUT2D eigenvalue weighted by molar-refractivity contribution is -0.143. The number of carboxylic acid groups (broad SMARTS) is 1. The van der Waals surface area contributed by atoms with Crippen LogP contribution in [0.1, 0.15) is 36.1 Å². The number of halogens is 3. The van der Waals surface area contributed by atoms with Crippen LogP contribution >= 0.6 is 11.6 Å². The average Bonchev–Trinajstić information content (AvgIpc) is 3.08. The maximum atomic E-state index is 13.8. The monoisotopic (exact) mass is 674 g/mol. The van der Waals surface area contributed by atoms with Gasteiger partial charge in [-0.2, -0.15) is 5.10 Å². The van der Waals surface area contributed by atoms with Crippen LogP contribution in [0, 0.1) is 12.8 Å². The number of aromatic nitrogens is 4. The van der Waals surface area contributed by atoms with Crippen LogP contribution in [0.15, 0.2) is 65.6 Å². The van der Waals surface area contributed by atoms with Crippen molar-refractivity contribution in [3.05, 3.63) is 93.0 Å². The Bertz CT molecular complexity index is 2080. The Morgan fingerprint density at radius 3 is 2.50 bits per heavy atom. The van der Waals surface area contributed by atoms with E-state index in [0.717, 1.165) is 26.9 Å². The van der Waals surface area contributed by atoms with Gasteiger partial charge in [-0.1, -0.05) is 48.0 Å². The topological polar surface area (TPSA) is 122 Å². The second-order valence-electron chi connectivity index (χ2n) is 11.8. The summed E-state index contributed by atoms with van der Waals surface area (Å²) in [6, 6.07) is 16.1. The van der Waals surface area contributed by atoms with E-state index in [1.807, 2.05) is 49.4 Å². The molecular formula is C35H33ClF2N6O4. The lowest BCUT2D eigenvalue weighted by atomic mass is 9.96. The van der Waals surface area contributed by atoms with Gasteiger partial charge in [0.05, 0.1) is 35.3 Å². The van der Waals surface area contributed by atoms with E-state index in [9.17, 15) is 23.5 Å². The molecule has 1 fully saturated rings. The molecule has 4 heterocycles. The third-order valence-electron chi connectivity index (χ3n) is 8.79. The van der Waals surface area contributed by atoms with E-state index < -0.39 is 23.6 Å². The van der Waals surface area contributed by atoms with E-state index in [1.165, 1.54) is 19.3 Å². The molecular weight excluding hydrogens is 642 g/mol. The van der Waals surface area contributed by atoms with Crippen molar-refractivity contribution in [1.29, 1.82) is 0 Å². The van der Waals surface area contributed by atoms with E-state index in [2.05, 4.69) is 20.3 Å². The van der Waals surface area contributed by atoms with Gasteiger partial charge in [-0.3, -0.25) is 14.5 Å². The second kappa shape index (κ2) is 13.7. The van der Waals surface area contributed by atoms with Crippen LogP contribution < -0.4 is 15.6 Å². The summed E-state index contributed by atoms with van der Waals surface area (Å²) in [6.07, 6.45) is -0.269. The van der Waals surface area contributed by atoms with Gasteiger partial charge in [0, 0.05) is 41.4 Å². The number of methoxy groups -OCH3 is 1. The number of ether oxygens (including phenoxy) is 1. The smallest absolute Gasteiger partial charge is 0.306 e. The summed E-state index contributed by atoms with van der Waals surface area (Å²) < 4.78 is 34.3. The Morgan fingerprint density at radius 2 is 1.79 bits per heavy atom. The number of aryl methyl sites for hydroxylation is 1. The number of pyridine rings is 2. The Kier molecular flexibility index (Phi) is 9.38. The molecule has 0 saturated carbocycles. The number of nitrogens with zero attached hydrogens (tertiary/aromatic N) is 5. The van der Waals surface area contributed by atoms with E-state index in [4.69, 9.17) is 21.3 Å². The van der Waals surface area contributed by atoms with Crippen LogP contribution in [-0.4, -0.2) is 55.9 Å². The first-order valence-electron chi connectivity index (χ1n) is 15.4. The van der Waals surface area contributed by atoms with Crippen LogP contribution in [0.3, 0.4) is 0 Å². The normalized spacial score (nSPS) is 14.1. The van der Waals surface area contributed by atoms with Crippen molar-refractivity contribution in [2.24, 2.45) is 13.0 Å². The van der Waals surface area contributed by atoms with Crippen molar-refractivity contribution < 1.29 is 23.4 Å². The fourth-order valence-corrected chi connectivity index (χ4v) is 6.43. The number of alkyl halides is 2. The van der Waals surface area contributed by atoms with E-state index in [-0.39, 0.29) is 22.5 Å². The molecule has 0 unspecified atom stereocenters. The van der Waals surface area contributed by atoms with E-state index >= 15 is 0 Å². The van der Waals surface area contributed by atoms with Crippen LogP contribution in [-0.2, 0) is 18.4 Å². The molecule has 248 valence electrons. The van der Waals surface area contributed by atoms with Gasteiger partial charge < -0.3 is 15.2 Å². The van der Waals surface area contributed by atoms with Gasteiger partial charge in [0.25, 0.3) is 12.0 Å². The van der Waals surface area contributed by atoms with Gasteiger partial charge in [0.2, 0.25) is 5.88 Å². The largest absolute Gasteiger partial charge is 0.481 e. The first-order chi connectivity index (χ1) is 23.0. The quantitative estimate of drug-likeness (QED) is 0.170. The van der Waals surface area contributed by atoms with Crippen LogP contribution in [0.25, 0.3) is 33.2 Å². The van der Waals surface area contributed by atoms with Crippen LogP contribution in [0.5, 0.6) is 5.88 Å². The summed E-state index contributed by atoms with van der Waals surface area (Å²) in [5.74, 6) is -0.582. The van der Waals surface area contributed by atoms with Gasteiger partial charge in [0.1, 0.15) is 11.5 Å². The lowest BCUT2D eigenvalue weighted by Crippen LogP contribution is -2.35. The molecule has 0 atom stereocenters. The lowest BCUT2D eigenvalue weighted by Gasteiger charge is -2.30. The highest BCUT2D eigenvalue weighted by molar-refractivity contribution is 6.36. The maximum Gasteiger partial charge on any atom is 0.306 e. The highest BCUT2D eigenvalue weighted by Gasteiger charge is 2.25. The van der Waals surface area contributed by atoms with Crippen LogP contribution in [0.2, 0.25) is 5.02 Å². The van der Waals surface area contributed by atoms with E-state index in [1.54, 1.807) is 13.2 Å². The number of fused-ring (bicyclic) bond motifs is 1. The summed E-state index contributed by atoms with van der Waals surface area (Å²) in [5.41, 5.74) is 4.07. The Morgan fingerprint density at radius 1 is 1.08 bits per heavy atom. The molecule has 2 N–H and O–H groups in total. The van der Waals surface area contributed by atoms with Gasteiger partial charge in [-0.05, 0) is 62.2 Å². The van der Waals surface area contributed by atoms with Gasteiger partial charge >= 0.3 is 5.97 Å². The first-order valence-corrected chi connectivity index (χ1v) is 15.7. The summed E-state index contributed by atoms with van der Waals surface area (Å²) in [4.78, 5) is 35.4. The number of nitrogens with one attached hydrogen (secondary N) is 1. The number of carboxylic acids is 1. The zero-order valence-electron chi connectivity index (χ0n) is 26.5. The number of benzene rings is 2. The third kappa shape index (κ3) is 6.45. The second-order valence-corrected chi connectivity index (χ2v) is 12.1. The number of rotatable bonds is 9. The van der Waals surface area contributed by atoms with Crippen molar-refractivity contribution in [3.8, 4) is 28.3 Å². The summed E-state index contributed by atoms with van der Waals surface area (Å²) >= 11 is 7.06. The molecule has 3 aromatic heterocycles. The molecule has 6 rings (SSSR count). The molecule has 0 radical (unpaired) electrons. The Balaban J connectivity index is 1.32. The van der Waals surface area contributed by atoms with Crippen molar-refractivity contribution >= 4 is 39.8 Å². The molecule has 13 heteroatoms. The van der Waals surface area contributed by atoms with Crippen molar-refractivity contribution in [1.82, 2.24) is 24.6 Å². The number of hydrogen-bond donors (Lipinski definition) is 2. The summed E-state index contributed by atoms with van der Waals surface area (Å²) in [6.45, 7) is 3.82. The summed E-state index contributed by atoms with van der Waals surface area (Å²) in [7, 11) is 3.05. The van der Waals surface area contributed by atoms with Crippen molar-refractivity contribution in [2.75, 3.05) is 25.5 Å². The highest BCUT2D eigenvalue weighted by atomic mass is 35.5. The number of hydrogen-bond acceptors (Lipinski definition) is 8. The predicted octanol–water partition coefficient (Wildman–Crippen LogP) is 7.01. The number of aliphatic carboxylic acids is 1. The molecule has 5 aromatic rings. The van der Waals surface area contributed by atoms with Crippen molar-refractivity contribution in [2.45, 2.75) is 32.7 Å². The number of carbonyl (C=O) groups is 1. The minimum absolute atomic E-state index is 0.00791. The molecule has 0 spiro atoms. The van der Waals surface area contributed by atoms with E-state index in [0.29, 0.717) is 60.3 Å². The standard InChI is InChI=1S/C35H33ClF2N6O4/c1-19-23(6-5-9-26(19)40-32-29-22(16-28(41-32)31(37)38)17-39-43(2)34(29)45)24-7-4-8-25(30(24)36)27-11-10-21(33(42-27)48-3)18-44-14-12-20(13-15-44)35(46)47/h4-11,16-17,20,31H,12-15,18H2,1-3H3,(H,40,41)(H,46,47). The Hall–Kier alpha value is -4.94. The number of anilines is 2. The molecule has 48 heavy (non-hydrogen) atoms. The fraction of sp³-hybridized carbons (Fsp3) is 0.286. The molecule has 2 aromatic carbocycles. The average molecular weight is 675 g/mol. The predicted molar refractivity (Wildman–Crippen MR) is 180 cm³/mol.